The number of nitrogens with one attached hydrogen (secondary N) is 1. The van der Waals surface area contributed by atoms with Crippen molar-refractivity contribution < 1.29 is 0 Å². The van der Waals surface area contributed by atoms with Crippen LogP contribution < -0.4 is 5.32 Å². The zero-order valence-electron chi connectivity index (χ0n) is 12.7. The highest BCUT2D eigenvalue weighted by molar-refractivity contribution is 8.00. The molecule has 0 radical (unpaired) electrons. The van der Waals surface area contributed by atoms with Crippen molar-refractivity contribution in [3.8, 4) is 0 Å². The van der Waals surface area contributed by atoms with Crippen LogP contribution in [0.4, 0.5) is 0 Å². The Balaban J connectivity index is 1.94. The molecule has 0 amide bonds. The van der Waals surface area contributed by atoms with Crippen LogP contribution in [0.2, 0.25) is 0 Å². The number of hydrogen-bond donors (Lipinski definition) is 1. The molecule has 108 valence electrons. The lowest BCUT2D eigenvalue weighted by atomic mass is 10.2. The largest absolute Gasteiger partial charge is 0.316 e. The third-order valence-electron chi connectivity index (χ3n) is 3.38. The second-order valence-electron chi connectivity index (χ2n) is 6.18. The Morgan fingerprint density at radius 3 is 2.39 bits per heavy atom. The van der Waals surface area contributed by atoms with Crippen molar-refractivity contribution in [2.24, 2.45) is 5.92 Å². The van der Waals surface area contributed by atoms with Gasteiger partial charge >= 0.3 is 0 Å². The van der Waals surface area contributed by atoms with E-state index in [9.17, 15) is 0 Å². The molecule has 0 aromatic rings. The van der Waals surface area contributed by atoms with Crippen molar-refractivity contribution in [2.45, 2.75) is 57.5 Å². The first kappa shape index (κ1) is 16.3. The van der Waals surface area contributed by atoms with Gasteiger partial charge in [-0.15, -0.1) is 0 Å². The van der Waals surface area contributed by atoms with Crippen LogP contribution in [0.3, 0.4) is 0 Å². The summed E-state index contributed by atoms with van der Waals surface area (Å²) in [6.45, 7) is 15.5. The van der Waals surface area contributed by atoms with E-state index in [2.05, 4.69) is 49.7 Å². The van der Waals surface area contributed by atoms with Crippen molar-refractivity contribution in [3.05, 3.63) is 0 Å². The molecular weight excluding hydrogens is 240 g/mol. The molecule has 1 N–H and O–H groups in total. The highest BCUT2D eigenvalue weighted by Crippen LogP contribution is 2.24. The minimum Gasteiger partial charge on any atom is -0.316 e. The van der Waals surface area contributed by atoms with Gasteiger partial charge in [-0.2, -0.15) is 11.8 Å². The summed E-state index contributed by atoms with van der Waals surface area (Å²) < 4.78 is 0. The summed E-state index contributed by atoms with van der Waals surface area (Å²) in [5, 5.41) is 5.16. The fraction of sp³-hybridized carbons (Fsp3) is 1.00. The van der Waals surface area contributed by atoms with Crippen LogP contribution >= 0.6 is 11.8 Å². The highest BCUT2D eigenvalue weighted by Gasteiger charge is 2.21. The zero-order valence-corrected chi connectivity index (χ0v) is 13.6. The maximum Gasteiger partial charge on any atom is 0.0149 e. The van der Waals surface area contributed by atoms with Gasteiger partial charge in [0.25, 0.3) is 0 Å². The van der Waals surface area contributed by atoms with Gasteiger partial charge in [0, 0.05) is 23.6 Å². The molecule has 2 nitrogen and oxygen atoms in total. The van der Waals surface area contributed by atoms with E-state index in [0.29, 0.717) is 0 Å². The minimum atomic E-state index is 0.777. The predicted molar refractivity (Wildman–Crippen MR) is 84.5 cm³/mol. The van der Waals surface area contributed by atoms with Gasteiger partial charge in [-0.05, 0) is 38.4 Å². The number of nitrogens with zero attached hydrogens (tertiary/aromatic N) is 1. The summed E-state index contributed by atoms with van der Waals surface area (Å²) >= 11 is 2.15. The van der Waals surface area contributed by atoms with Crippen molar-refractivity contribution in [1.29, 1.82) is 0 Å². The first-order valence-corrected chi connectivity index (χ1v) is 8.60. The Bertz CT molecular complexity index is 199. The minimum absolute atomic E-state index is 0.777. The van der Waals surface area contributed by atoms with E-state index in [1.54, 1.807) is 0 Å². The Kier molecular flexibility index (Phi) is 8.36. The molecule has 1 aliphatic rings. The topological polar surface area (TPSA) is 15.3 Å². The van der Waals surface area contributed by atoms with E-state index in [0.717, 1.165) is 16.4 Å². The van der Waals surface area contributed by atoms with Crippen LogP contribution in [0.25, 0.3) is 0 Å². The third-order valence-corrected chi connectivity index (χ3v) is 4.60. The SMILES string of the molecule is CC(C)CNCCCCCN1CC(C)SC(C)C1. The van der Waals surface area contributed by atoms with Crippen LogP contribution in [0, 0.1) is 5.92 Å². The standard InChI is InChI=1S/C15H32N2S/c1-13(2)10-16-8-6-5-7-9-17-11-14(3)18-15(4)12-17/h13-16H,5-12H2,1-4H3. The number of hydrogen-bond acceptors (Lipinski definition) is 3. The maximum atomic E-state index is 3.52. The second-order valence-corrected chi connectivity index (χ2v) is 8.06. The summed E-state index contributed by atoms with van der Waals surface area (Å²) in [7, 11) is 0. The summed E-state index contributed by atoms with van der Waals surface area (Å²) in [5.74, 6) is 0.777. The van der Waals surface area contributed by atoms with Gasteiger partial charge in [-0.25, -0.2) is 0 Å². The average molecular weight is 273 g/mol. The Labute approximate surface area is 118 Å². The van der Waals surface area contributed by atoms with Gasteiger partial charge in [0.05, 0.1) is 0 Å². The lowest BCUT2D eigenvalue weighted by molar-refractivity contribution is 0.264. The smallest absolute Gasteiger partial charge is 0.0149 e. The molecule has 2 unspecified atom stereocenters. The molecule has 0 aromatic heterocycles. The Morgan fingerprint density at radius 1 is 1.11 bits per heavy atom. The van der Waals surface area contributed by atoms with Gasteiger partial charge in [-0.1, -0.05) is 34.1 Å². The molecule has 1 aliphatic heterocycles. The molecule has 0 spiro atoms. The molecule has 2 atom stereocenters. The molecule has 0 aromatic carbocycles. The van der Waals surface area contributed by atoms with E-state index in [1.807, 2.05) is 0 Å². The molecule has 1 rings (SSSR count). The second kappa shape index (κ2) is 9.22. The highest BCUT2D eigenvalue weighted by atomic mass is 32.2. The summed E-state index contributed by atoms with van der Waals surface area (Å²) in [4.78, 5) is 2.66. The number of thioether (sulfide) groups is 1. The Hall–Kier alpha value is 0.270. The lowest BCUT2D eigenvalue weighted by Gasteiger charge is -2.34. The van der Waals surface area contributed by atoms with Crippen molar-refractivity contribution in [1.82, 2.24) is 10.2 Å². The number of unbranched alkanes of at least 4 members (excludes halogenated alkanes) is 2. The van der Waals surface area contributed by atoms with E-state index in [1.165, 1.54) is 52.0 Å². The summed E-state index contributed by atoms with van der Waals surface area (Å²) in [5.41, 5.74) is 0. The average Bonchev–Trinajstić information content (AvgIpc) is 2.26. The molecule has 18 heavy (non-hydrogen) atoms. The van der Waals surface area contributed by atoms with E-state index < -0.39 is 0 Å². The van der Waals surface area contributed by atoms with Crippen molar-refractivity contribution in [2.75, 3.05) is 32.7 Å². The van der Waals surface area contributed by atoms with Gasteiger partial charge in [0.15, 0.2) is 0 Å². The summed E-state index contributed by atoms with van der Waals surface area (Å²) in [6, 6.07) is 0. The summed E-state index contributed by atoms with van der Waals surface area (Å²) in [6.07, 6.45) is 4.07. The van der Waals surface area contributed by atoms with Gasteiger partial charge in [0.1, 0.15) is 0 Å². The zero-order chi connectivity index (χ0) is 13.4. The van der Waals surface area contributed by atoms with E-state index in [-0.39, 0.29) is 0 Å². The van der Waals surface area contributed by atoms with Gasteiger partial charge < -0.3 is 10.2 Å². The molecule has 0 bridgehead atoms. The fourth-order valence-corrected chi connectivity index (χ4v) is 4.01. The maximum absolute atomic E-state index is 3.52. The molecular formula is C15H32N2S. The van der Waals surface area contributed by atoms with Crippen LogP contribution in [0.5, 0.6) is 0 Å². The van der Waals surface area contributed by atoms with Crippen LogP contribution in [0.1, 0.15) is 47.0 Å². The predicted octanol–water partition coefficient (Wildman–Crippen LogP) is 3.23. The van der Waals surface area contributed by atoms with Gasteiger partial charge in [0.2, 0.25) is 0 Å². The van der Waals surface area contributed by atoms with Crippen molar-refractivity contribution in [3.63, 3.8) is 0 Å². The van der Waals surface area contributed by atoms with Crippen LogP contribution in [0.15, 0.2) is 0 Å². The normalized spacial score (nSPS) is 25.8. The monoisotopic (exact) mass is 272 g/mol. The van der Waals surface area contributed by atoms with Crippen molar-refractivity contribution >= 4 is 11.8 Å². The molecule has 0 aliphatic carbocycles. The van der Waals surface area contributed by atoms with Crippen LogP contribution in [-0.2, 0) is 0 Å². The first-order valence-electron chi connectivity index (χ1n) is 7.66. The van der Waals surface area contributed by atoms with E-state index in [4.69, 9.17) is 0 Å². The lowest BCUT2D eigenvalue weighted by Crippen LogP contribution is -2.40. The quantitative estimate of drug-likeness (QED) is 0.683. The van der Waals surface area contributed by atoms with Crippen LogP contribution in [-0.4, -0.2) is 48.1 Å². The van der Waals surface area contributed by atoms with Gasteiger partial charge in [-0.3, -0.25) is 0 Å². The fourth-order valence-electron chi connectivity index (χ4n) is 2.62. The van der Waals surface area contributed by atoms with E-state index >= 15 is 0 Å². The molecule has 0 saturated carbocycles. The Morgan fingerprint density at radius 2 is 1.78 bits per heavy atom. The number of rotatable bonds is 8. The first-order chi connectivity index (χ1) is 8.58. The molecule has 3 heteroatoms. The molecule has 1 fully saturated rings. The third kappa shape index (κ3) is 7.65. The molecule has 1 saturated heterocycles. The molecule has 1 heterocycles.